The van der Waals surface area contributed by atoms with Crippen LogP contribution in [-0.4, -0.2) is 29.9 Å². The SMILES string of the molecule is COc1ccc(S(=O)(=O)Nc2ccc(-c3cn4ccc(C)nc4n3)cc2)cc1C. The van der Waals surface area contributed by atoms with Gasteiger partial charge in [-0.15, -0.1) is 0 Å². The number of hydrogen-bond donors (Lipinski definition) is 1. The van der Waals surface area contributed by atoms with E-state index in [4.69, 9.17) is 4.74 Å². The summed E-state index contributed by atoms with van der Waals surface area (Å²) in [5.74, 6) is 1.27. The molecular weight excluding hydrogens is 388 g/mol. The van der Waals surface area contributed by atoms with Crippen LogP contribution in [0.3, 0.4) is 0 Å². The molecule has 4 rings (SSSR count). The van der Waals surface area contributed by atoms with Crippen LogP contribution in [0.2, 0.25) is 0 Å². The Morgan fingerprint density at radius 1 is 1.00 bits per heavy atom. The number of rotatable bonds is 5. The second-order valence-electron chi connectivity index (χ2n) is 6.72. The lowest BCUT2D eigenvalue weighted by atomic mass is 10.1. The lowest BCUT2D eigenvalue weighted by Crippen LogP contribution is -2.13. The Hall–Kier alpha value is -3.39. The molecule has 0 amide bonds. The summed E-state index contributed by atoms with van der Waals surface area (Å²) in [7, 11) is -2.15. The maximum absolute atomic E-state index is 12.7. The molecule has 29 heavy (non-hydrogen) atoms. The van der Waals surface area contributed by atoms with E-state index in [1.807, 2.05) is 41.9 Å². The number of benzene rings is 2. The molecule has 0 saturated heterocycles. The van der Waals surface area contributed by atoms with Gasteiger partial charge in [0.05, 0.1) is 17.7 Å². The number of imidazole rings is 1. The third kappa shape index (κ3) is 3.79. The topological polar surface area (TPSA) is 85.6 Å². The first-order chi connectivity index (χ1) is 13.9. The molecule has 0 aliphatic heterocycles. The van der Waals surface area contributed by atoms with E-state index in [0.29, 0.717) is 17.2 Å². The van der Waals surface area contributed by atoms with Crippen LogP contribution < -0.4 is 9.46 Å². The average Bonchev–Trinajstić information content (AvgIpc) is 3.11. The molecule has 148 valence electrons. The van der Waals surface area contributed by atoms with Crippen LogP contribution in [0, 0.1) is 13.8 Å². The monoisotopic (exact) mass is 408 g/mol. The molecule has 0 unspecified atom stereocenters. The maximum Gasteiger partial charge on any atom is 0.261 e. The third-order valence-electron chi connectivity index (χ3n) is 4.57. The Balaban J connectivity index is 1.58. The maximum atomic E-state index is 12.7. The van der Waals surface area contributed by atoms with E-state index in [0.717, 1.165) is 22.5 Å². The van der Waals surface area contributed by atoms with Crippen molar-refractivity contribution < 1.29 is 13.2 Å². The number of hydrogen-bond acceptors (Lipinski definition) is 5. The predicted molar refractivity (Wildman–Crippen MR) is 112 cm³/mol. The molecule has 0 aliphatic carbocycles. The van der Waals surface area contributed by atoms with Gasteiger partial charge in [0.2, 0.25) is 5.78 Å². The number of anilines is 1. The Kier molecular flexibility index (Phi) is 4.71. The summed E-state index contributed by atoms with van der Waals surface area (Å²) in [6, 6.07) is 13.7. The predicted octanol–water partition coefficient (Wildman–Crippen LogP) is 3.82. The molecule has 8 heteroatoms. The van der Waals surface area contributed by atoms with Gasteiger partial charge in [-0.25, -0.2) is 18.4 Å². The van der Waals surface area contributed by atoms with Crippen LogP contribution in [-0.2, 0) is 10.0 Å². The van der Waals surface area contributed by atoms with Crippen LogP contribution in [0.15, 0.2) is 65.8 Å². The van der Waals surface area contributed by atoms with E-state index in [9.17, 15) is 8.42 Å². The number of sulfonamides is 1. The first-order valence-electron chi connectivity index (χ1n) is 8.96. The molecule has 0 atom stereocenters. The highest BCUT2D eigenvalue weighted by Crippen LogP contribution is 2.25. The van der Waals surface area contributed by atoms with Gasteiger partial charge in [-0.1, -0.05) is 12.1 Å². The summed E-state index contributed by atoms with van der Waals surface area (Å²) in [6.07, 6.45) is 3.80. The number of ether oxygens (including phenoxy) is 1. The van der Waals surface area contributed by atoms with E-state index < -0.39 is 10.0 Å². The summed E-state index contributed by atoms with van der Waals surface area (Å²) in [4.78, 5) is 9.10. The first kappa shape index (κ1) is 18.9. The fourth-order valence-electron chi connectivity index (χ4n) is 3.04. The highest BCUT2D eigenvalue weighted by Gasteiger charge is 2.16. The Bertz CT molecular complexity index is 1300. The van der Waals surface area contributed by atoms with Crippen molar-refractivity contribution in [3.63, 3.8) is 0 Å². The molecule has 2 aromatic heterocycles. The van der Waals surface area contributed by atoms with Gasteiger partial charge in [0.1, 0.15) is 5.75 Å². The molecule has 0 bridgehead atoms. The number of methoxy groups -OCH3 is 1. The quantitative estimate of drug-likeness (QED) is 0.543. The van der Waals surface area contributed by atoms with Crippen molar-refractivity contribution >= 4 is 21.5 Å². The largest absolute Gasteiger partial charge is 0.496 e. The van der Waals surface area contributed by atoms with E-state index in [-0.39, 0.29) is 4.90 Å². The highest BCUT2D eigenvalue weighted by atomic mass is 32.2. The third-order valence-corrected chi connectivity index (χ3v) is 5.95. The molecule has 2 aromatic carbocycles. The van der Waals surface area contributed by atoms with Gasteiger partial charge in [-0.05, 0) is 55.8 Å². The van der Waals surface area contributed by atoms with Gasteiger partial charge in [0, 0.05) is 29.3 Å². The summed E-state index contributed by atoms with van der Waals surface area (Å²) in [5, 5.41) is 0. The van der Waals surface area contributed by atoms with E-state index >= 15 is 0 Å². The van der Waals surface area contributed by atoms with E-state index in [1.165, 1.54) is 6.07 Å². The van der Waals surface area contributed by atoms with Gasteiger partial charge < -0.3 is 4.74 Å². The Morgan fingerprint density at radius 3 is 2.45 bits per heavy atom. The number of aromatic nitrogens is 3. The van der Waals surface area contributed by atoms with E-state index in [1.54, 1.807) is 38.3 Å². The molecule has 0 radical (unpaired) electrons. The van der Waals surface area contributed by atoms with Crippen LogP contribution in [0.4, 0.5) is 5.69 Å². The average molecular weight is 408 g/mol. The van der Waals surface area contributed by atoms with Gasteiger partial charge in [-0.3, -0.25) is 9.12 Å². The lowest BCUT2D eigenvalue weighted by molar-refractivity contribution is 0.411. The van der Waals surface area contributed by atoms with Gasteiger partial charge in [-0.2, -0.15) is 0 Å². The molecule has 0 saturated carbocycles. The number of nitrogens with zero attached hydrogens (tertiary/aromatic N) is 3. The molecule has 2 heterocycles. The van der Waals surface area contributed by atoms with Crippen molar-refractivity contribution in [3.05, 3.63) is 72.2 Å². The zero-order chi connectivity index (χ0) is 20.6. The zero-order valence-electron chi connectivity index (χ0n) is 16.2. The lowest BCUT2D eigenvalue weighted by Gasteiger charge is -2.11. The molecule has 1 N–H and O–H groups in total. The van der Waals surface area contributed by atoms with Gasteiger partial charge in [0.25, 0.3) is 10.0 Å². The van der Waals surface area contributed by atoms with Crippen LogP contribution in [0.25, 0.3) is 17.0 Å². The normalized spacial score (nSPS) is 11.6. The van der Waals surface area contributed by atoms with Crippen LogP contribution in [0.1, 0.15) is 11.3 Å². The minimum Gasteiger partial charge on any atom is -0.496 e. The Morgan fingerprint density at radius 2 is 1.76 bits per heavy atom. The minimum atomic E-state index is -3.70. The summed E-state index contributed by atoms with van der Waals surface area (Å²) in [5.41, 5.74) is 3.76. The Labute approximate surface area is 169 Å². The second kappa shape index (κ2) is 7.21. The van der Waals surface area contributed by atoms with Crippen LogP contribution in [0.5, 0.6) is 5.75 Å². The van der Waals surface area contributed by atoms with Crippen molar-refractivity contribution in [1.29, 1.82) is 0 Å². The van der Waals surface area contributed by atoms with Gasteiger partial charge >= 0.3 is 0 Å². The smallest absolute Gasteiger partial charge is 0.261 e. The molecular formula is C21H20N4O3S. The molecule has 0 aliphatic rings. The standard InChI is InChI=1S/C21H20N4O3S/c1-14-12-18(8-9-20(14)28-3)29(26,27)24-17-6-4-16(5-7-17)19-13-25-11-10-15(2)22-21(25)23-19/h4-13,24H,1-3H3. The molecule has 0 spiro atoms. The zero-order valence-corrected chi connectivity index (χ0v) is 17.1. The van der Waals surface area contributed by atoms with Crippen molar-refractivity contribution in [2.75, 3.05) is 11.8 Å². The highest BCUT2D eigenvalue weighted by molar-refractivity contribution is 7.92. The molecule has 4 aromatic rings. The fourth-order valence-corrected chi connectivity index (χ4v) is 4.18. The summed E-state index contributed by atoms with van der Waals surface area (Å²) >= 11 is 0. The van der Waals surface area contributed by atoms with Crippen molar-refractivity contribution in [3.8, 4) is 17.0 Å². The molecule has 0 fully saturated rings. The van der Waals surface area contributed by atoms with E-state index in [2.05, 4.69) is 14.7 Å². The van der Waals surface area contributed by atoms with Crippen molar-refractivity contribution in [1.82, 2.24) is 14.4 Å². The van der Waals surface area contributed by atoms with Crippen molar-refractivity contribution in [2.24, 2.45) is 0 Å². The van der Waals surface area contributed by atoms with Gasteiger partial charge in [0.15, 0.2) is 0 Å². The van der Waals surface area contributed by atoms with Crippen molar-refractivity contribution in [2.45, 2.75) is 18.7 Å². The summed E-state index contributed by atoms with van der Waals surface area (Å²) in [6.45, 7) is 3.72. The molecule has 7 nitrogen and oxygen atoms in total. The fraction of sp³-hybridized carbons (Fsp3) is 0.143. The minimum absolute atomic E-state index is 0.182. The first-order valence-corrected chi connectivity index (χ1v) is 10.4. The van der Waals surface area contributed by atoms with Crippen LogP contribution >= 0.6 is 0 Å². The summed E-state index contributed by atoms with van der Waals surface area (Å²) < 4.78 is 35.0. The number of nitrogens with one attached hydrogen (secondary N) is 1. The number of fused-ring (bicyclic) bond motifs is 1. The second-order valence-corrected chi connectivity index (χ2v) is 8.40. The number of aryl methyl sites for hydroxylation is 2.